The predicted octanol–water partition coefficient (Wildman–Crippen LogP) is 1.90. The van der Waals surface area contributed by atoms with Crippen molar-refractivity contribution < 1.29 is 0 Å². The zero-order valence-electron chi connectivity index (χ0n) is 9.08. The van der Waals surface area contributed by atoms with E-state index in [1.165, 1.54) is 44.3 Å². The number of piperidine rings is 1. The molecule has 2 heterocycles. The van der Waals surface area contributed by atoms with Crippen molar-refractivity contribution in [2.24, 2.45) is 11.8 Å². The Morgan fingerprint density at radius 1 is 1.13 bits per heavy atom. The summed E-state index contributed by atoms with van der Waals surface area (Å²) >= 11 is 0. The molecule has 1 saturated heterocycles. The standard InChI is InChI=1S/C12H19N3/c1-2-11(12-7-14-15-8-12)4-10-3-9(1)5-13-6-10/h7-11,13H,1-6H2,(H,14,15). The van der Waals surface area contributed by atoms with E-state index in [1.807, 2.05) is 6.20 Å². The van der Waals surface area contributed by atoms with E-state index in [2.05, 4.69) is 21.7 Å². The third-order valence-corrected chi connectivity index (χ3v) is 4.06. The average molecular weight is 205 g/mol. The fourth-order valence-electron chi connectivity index (χ4n) is 3.27. The first-order valence-electron chi connectivity index (χ1n) is 6.11. The van der Waals surface area contributed by atoms with Crippen LogP contribution in [0.15, 0.2) is 12.4 Å². The van der Waals surface area contributed by atoms with Crippen molar-refractivity contribution in [1.82, 2.24) is 15.5 Å². The summed E-state index contributed by atoms with van der Waals surface area (Å²) in [7, 11) is 0. The van der Waals surface area contributed by atoms with Crippen molar-refractivity contribution >= 4 is 0 Å². The van der Waals surface area contributed by atoms with E-state index in [1.54, 1.807) is 0 Å². The van der Waals surface area contributed by atoms with Crippen molar-refractivity contribution in [3.63, 3.8) is 0 Å². The lowest BCUT2D eigenvalue weighted by atomic mass is 9.87. The van der Waals surface area contributed by atoms with Gasteiger partial charge in [-0.1, -0.05) is 0 Å². The van der Waals surface area contributed by atoms with Crippen LogP contribution in [0, 0.1) is 11.8 Å². The van der Waals surface area contributed by atoms with E-state index >= 15 is 0 Å². The zero-order chi connectivity index (χ0) is 10.1. The fourth-order valence-corrected chi connectivity index (χ4v) is 3.27. The van der Waals surface area contributed by atoms with Crippen LogP contribution in [0.4, 0.5) is 0 Å². The first-order valence-corrected chi connectivity index (χ1v) is 6.11. The molecule has 1 aliphatic carbocycles. The Balaban J connectivity index is 1.75. The number of rotatable bonds is 1. The smallest absolute Gasteiger partial charge is 0.0522 e. The van der Waals surface area contributed by atoms with Crippen LogP contribution in [0.5, 0.6) is 0 Å². The molecule has 2 bridgehead atoms. The third-order valence-electron chi connectivity index (χ3n) is 4.06. The van der Waals surface area contributed by atoms with Crippen LogP contribution in [0.25, 0.3) is 0 Å². The molecule has 1 aromatic rings. The lowest BCUT2D eigenvalue weighted by molar-refractivity contribution is 0.289. The Hall–Kier alpha value is -0.830. The van der Waals surface area contributed by atoms with Crippen LogP contribution < -0.4 is 5.32 Å². The number of aromatic amines is 1. The second-order valence-electron chi connectivity index (χ2n) is 5.17. The number of nitrogens with one attached hydrogen (secondary N) is 2. The van der Waals surface area contributed by atoms with Crippen LogP contribution in [0.1, 0.15) is 37.2 Å². The van der Waals surface area contributed by atoms with Gasteiger partial charge >= 0.3 is 0 Å². The molecule has 2 fully saturated rings. The number of nitrogens with zero attached hydrogens (tertiary/aromatic N) is 1. The fraction of sp³-hybridized carbons (Fsp3) is 0.750. The average Bonchev–Trinajstić information content (AvgIpc) is 2.74. The third kappa shape index (κ3) is 1.93. The maximum absolute atomic E-state index is 4.07. The Kier molecular flexibility index (Phi) is 2.49. The van der Waals surface area contributed by atoms with Crippen LogP contribution in [0.2, 0.25) is 0 Å². The van der Waals surface area contributed by atoms with E-state index in [9.17, 15) is 0 Å². The molecule has 82 valence electrons. The summed E-state index contributed by atoms with van der Waals surface area (Å²) in [5, 5.41) is 10.6. The van der Waals surface area contributed by atoms with Gasteiger partial charge in [0.2, 0.25) is 0 Å². The van der Waals surface area contributed by atoms with Gasteiger partial charge in [-0.25, -0.2) is 0 Å². The topological polar surface area (TPSA) is 40.7 Å². The van der Waals surface area contributed by atoms with Crippen molar-refractivity contribution in [2.45, 2.75) is 31.6 Å². The highest BCUT2D eigenvalue weighted by Crippen LogP contribution is 2.37. The molecule has 1 aromatic heterocycles. The largest absolute Gasteiger partial charge is 0.316 e. The molecule has 3 nitrogen and oxygen atoms in total. The molecule has 3 unspecified atom stereocenters. The molecule has 1 aliphatic heterocycles. The molecule has 0 amide bonds. The van der Waals surface area contributed by atoms with E-state index in [-0.39, 0.29) is 0 Å². The summed E-state index contributed by atoms with van der Waals surface area (Å²) in [5.41, 5.74) is 1.42. The molecule has 3 atom stereocenters. The highest BCUT2D eigenvalue weighted by atomic mass is 15.1. The highest BCUT2D eigenvalue weighted by molar-refractivity contribution is 5.11. The number of hydrogen-bond donors (Lipinski definition) is 2. The SMILES string of the molecule is c1n[nH]cc1C1CCC2CNCC(C2)C1. The minimum atomic E-state index is 0.749. The van der Waals surface area contributed by atoms with Gasteiger partial charge in [-0.2, -0.15) is 5.10 Å². The molecule has 1 saturated carbocycles. The Labute approximate surface area is 90.7 Å². The van der Waals surface area contributed by atoms with Crippen molar-refractivity contribution in [2.75, 3.05) is 13.1 Å². The van der Waals surface area contributed by atoms with Gasteiger partial charge in [0.15, 0.2) is 0 Å². The summed E-state index contributed by atoms with van der Waals surface area (Å²) < 4.78 is 0. The number of fused-ring (bicyclic) bond motifs is 2. The quantitative estimate of drug-likeness (QED) is 0.735. The summed E-state index contributed by atoms with van der Waals surface area (Å²) in [4.78, 5) is 0. The first-order chi connectivity index (χ1) is 7.42. The van der Waals surface area contributed by atoms with E-state index < -0.39 is 0 Å². The molecule has 0 spiro atoms. The van der Waals surface area contributed by atoms with Crippen molar-refractivity contribution in [1.29, 1.82) is 0 Å². The van der Waals surface area contributed by atoms with Crippen molar-refractivity contribution in [3.8, 4) is 0 Å². The molecule has 3 rings (SSSR count). The Morgan fingerprint density at radius 2 is 2.07 bits per heavy atom. The van der Waals surface area contributed by atoms with Gasteiger partial charge in [-0.3, -0.25) is 5.10 Å². The summed E-state index contributed by atoms with van der Waals surface area (Å²) in [6, 6.07) is 0. The minimum absolute atomic E-state index is 0.749. The van der Waals surface area contributed by atoms with Gasteiger partial charge in [-0.05, 0) is 62.1 Å². The normalized spacial score (nSPS) is 36.1. The number of hydrogen-bond acceptors (Lipinski definition) is 2. The number of H-pyrrole nitrogens is 1. The Morgan fingerprint density at radius 3 is 2.93 bits per heavy atom. The van der Waals surface area contributed by atoms with E-state index in [0.29, 0.717) is 0 Å². The molecule has 2 N–H and O–H groups in total. The summed E-state index contributed by atoms with van der Waals surface area (Å²) in [6.07, 6.45) is 9.62. The maximum atomic E-state index is 4.07. The van der Waals surface area contributed by atoms with Gasteiger partial charge in [0, 0.05) is 6.20 Å². The first kappa shape index (κ1) is 9.40. The lowest BCUT2D eigenvalue weighted by Crippen LogP contribution is -2.35. The van der Waals surface area contributed by atoms with Gasteiger partial charge in [0.05, 0.1) is 6.20 Å². The Bertz CT molecular complexity index is 307. The summed E-state index contributed by atoms with van der Waals surface area (Å²) in [6.45, 7) is 2.47. The molecular weight excluding hydrogens is 186 g/mol. The second kappa shape index (κ2) is 3.97. The predicted molar refractivity (Wildman–Crippen MR) is 59.6 cm³/mol. The van der Waals surface area contributed by atoms with Crippen LogP contribution >= 0.6 is 0 Å². The monoisotopic (exact) mass is 205 g/mol. The minimum Gasteiger partial charge on any atom is -0.316 e. The van der Waals surface area contributed by atoms with Gasteiger partial charge in [-0.15, -0.1) is 0 Å². The van der Waals surface area contributed by atoms with Crippen LogP contribution in [-0.2, 0) is 0 Å². The lowest BCUT2D eigenvalue weighted by Gasteiger charge is -2.27. The van der Waals surface area contributed by atoms with Gasteiger partial charge < -0.3 is 5.32 Å². The molecule has 0 aromatic carbocycles. The maximum Gasteiger partial charge on any atom is 0.0522 e. The second-order valence-corrected chi connectivity index (χ2v) is 5.17. The molecule has 3 heteroatoms. The molecule has 15 heavy (non-hydrogen) atoms. The van der Waals surface area contributed by atoms with Crippen LogP contribution in [0.3, 0.4) is 0 Å². The van der Waals surface area contributed by atoms with E-state index in [4.69, 9.17) is 0 Å². The summed E-state index contributed by atoms with van der Waals surface area (Å²) in [5.74, 6) is 2.57. The number of aromatic nitrogens is 2. The molecule has 0 radical (unpaired) electrons. The highest BCUT2D eigenvalue weighted by Gasteiger charge is 2.29. The zero-order valence-corrected chi connectivity index (χ0v) is 9.08. The molecule has 2 aliphatic rings. The van der Waals surface area contributed by atoms with Gasteiger partial charge in [0.1, 0.15) is 0 Å². The molecular formula is C12H19N3. The van der Waals surface area contributed by atoms with Crippen molar-refractivity contribution in [3.05, 3.63) is 18.0 Å². The van der Waals surface area contributed by atoms with Gasteiger partial charge in [0.25, 0.3) is 0 Å². The van der Waals surface area contributed by atoms with Crippen LogP contribution in [-0.4, -0.2) is 23.3 Å². The van der Waals surface area contributed by atoms with E-state index in [0.717, 1.165) is 17.8 Å².